The van der Waals surface area contributed by atoms with Gasteiger partial charge in [0.2, 0.25) is 5.12 Å². The van der Waals surface area contributed by atoms with Crippen LogP contribution in [0.2, 0.25) is 0 Å². The molecule has 0 aromatic heterocycles. The van der Waals surface area contributed by atoms with Gasteiger partial charge < -0.3 is 14.9 Å². The maximum absolute atomic E-state index is 12.4. The molecule has 0 aliphatic carbocycles. The van der Waals surface area contributed by atoms with E-state index in [9.17, 15) is 19.8 Å². The van der Waals surface area contributed by atoms with Gasteiger partial charge in [0, 0.05) is 11.5 Å². The van der Waals surface area contributed by atoms with Gasteiger partial charge in [-0.15, -0.1) is 0 Å². The van der Waals surface area contributed by atoms with Crippen molar-refractivity contribution in [3.8, 4) is 0 Å². The lowest BCUT2D eigenvalue weighted by Crippen LogP contribution is -2.42. The minimum absolute atomic E-state index is 0.147. The quantitative estimate of drug-likeness (QED) is 0.596. The summed E-state index contributed by atoms with van der Waals surface area (Å²) in [4.78, 5) is 24.7. The molecule has 1 heterocycles. The summed E-state index contributed by atoms with van der Waals surface area (Å²) in [6, 6.07) is 8.66. The molecular weight excluding hydrogens is 340 g/mol. The third-order valence-electron chi connectivity index (χ3n) is 4.40. The van der Waals surface area contributed by atoms with Crippen molar-refractivity contribution in [2.45, 2.75) is 50.8 Å². The van der Waals surface area contributed by atoms with E-state index in [1.807, 2.05) is 13.0 Å². The Kier molecular flexibility index (Phi) is 6.81. The minimum atomic E-state index is -1.10. The van der Waals surface area contributed by atoms with Crippen molar-refractivity contribution in [2.24, 2.45) is 5.92 Å². The number of hydrogen-bond donors (Lipinski definition) is 2. The van der Waals surface area contributed by atoms with Crippen molar-refractivity contribution in [1.82, 2.24) is 0 Å². The Hall–Kier alpha value is -1.63. The molecule has 2 unspecified atom stereocenters. The number of allylic oxidation sites excluding steroid dienone is 1. The zero-order valence-corrected chi connectivity index (χ0v) is 15.4. The molecule has 0 saturated carbocycles. The molecule has 1 aromatic rings. The van der Waals surface area contributed by atoms with Gasteiger partial charge in [-0.25, -0.2) is 4.79 Å². The standard InChI is InChI=1S/C19H24O5S/c1-4-13-15(16(21)11(3)20)17(25-19(13)23)14(5-2)24-18(22)12-9-7-6-8-10-12/h4,6-11,14-17,20-21H,5H2,1-3H3/b13-4+/t11?,14-,15-,16?,17-/m1/s1. The van der Waals surface area contributed by atoms with E-state index in [1.165, 1.54) is 6.92 Å². The first-order valence-corrected chi connectivity index (χ1v) is 9.28. The molecule has 25 heavy (non-hydrogen) atoms. The SMILES string of the molecule is C/C=C1/C(=O)S[C@H]([C@@H](CC)OC(=O)c2ccccc2)[C@H]1C(O)C(C)O. The van der Waals surface area contributed by atoms with Crippen LogP contribution in [0.15, 0.2) is 42.0 Å². The van der Waals surface area contributed by atoms with Gasteiger partial charge in [0.15, 0.2) is 0 Å². The van der Waals surface area contributed by atoms with Crippen LogP contribution in [-0.4, -0.2) is 44.9 Å². The van der Waals surface area contributed by atoms with Crippen LogP contribution in [0, 0.1) is 5.92 Å². The van der Waals surface area contributed by atoms with Crippen molar-refractivity contribution >= 4 is 22.8 Å². The normalized spacial score (nSPS) is 25.6. The van der Waals surface area contributed by atoms with E-state index in [0.717, 1.165) is 11.8 Å². The molecule has 6 heteroatoms. The zero-order chi connectivity index (χ0) is 18.6. The number of carbonyl (C=O) groups excluding carboxylic acids is 2. The van der Waals surface area contributed by atoms with Gasteiger partial charge in [-0.3, -0.25) is 4.79 Å². The van der Waals surface area contributed by atoms with Crippen LogP contribution in [0.4, 0.5) is 0 Å². The molecule has 0 bridgehead atoms. The summed E-state index contributed by atoms with van der Waals surface area (Å²) < 4.78 is 5.64. The molecule has 5 atom stereocenters. The van der Waals surface area contributed by atoms with E-state index < -0.39 is 35.4 Å². The van der Waals surface area contributed by atoms with Crippen molar-refractivity contribution in [3.05, 3.63) is 47.5 Å². The molecule has 1 aromatic carbocycles. The molecule has 2 rings (SSSR count). The summed E-state index contributed by atoms with van der Waals surface area (Å²) in [5.74, 6) is -1.03. The second-order valence-electron chi connectivity index (χ2n) is 6.09. The Bertz CT molecular complexity index is 640. The Morgan fingerprint density at radius 1 is 1.32 bits per heavy atom. The summed E-state index contributed by atoms with van der Waals surface area (Å²) in [5, 5.41) is 19.6. The van der Waals surface area contributed by atoms with E-state index in [0.29, 0.717) is 17.6 Å². The van der Waals surface area contributed by atoms with Crippen LogP contribution < -0.4 is 0 Å². The van der Waals surface area contributed by atoms with E-state index in [1.54, 1.807) is 37.3 Å². The van der Waals surface area contributed by atoms with Crippen molar-refractivity contribution in [2.75, 3.05) is 0 Å². The maximum atomic E-state index is 12.4. The third-order valence-corrected chi connectivity index (χ3v) is 5.72. The number of benzene rings is 1. The van der Waals surface area contributed by atoms with Crippen LogP contribution in [-0.2, 0) is 9.53 Å². The average molecular weight is 364 g/mol. The zero-order valence-electron chi connectivity index (χ0n) is 14.6. The van der Waals surface area contributed by atoms with Gasteiger partial charge in [-0.2, -0.15) is 0 Å². The molecular formula is C19H24O5S. The van der Waals surface area contributed by atoms with Gasteiger partial charge in [-0.05, 0) is 32.4 Å². The Balaban J connectivity index is 2.25. The van der Waals surface area contributed by atoms with Gasteiger partial charge in [0.1, 0.15) is 6.10 Å². The van der Waals surface area contributed by atoms with Gasteiger partial charge in [0.25, 0.3) is 0 Å². The van der Waals surface area contributed by atoms with Crippen molar-refractivity contribution in [1.29, 1.82) is 0 Å². The Morgan fingerprint density at radius 2 is 1.96 bits per heavy atom. The first-order valence-electron chi connectivity index (χ1n) is 8.40. The molecule has 0 spiro atoms. The molecule has 1 aliphatic rings. The molecule has 0 radical (unpaired) electrons. The fraction of sp³-hybridized carbons (Fsp3) is 0.474. The highest BCUT2D eigenvalue weighted by Crippen LogP contribution is 2.44. The second-order valence-corrected chi connectivity index (χ2v) is 7.24. The fourth-order valence-corrected chi connectivity index (χ4v) is 4.53. The van der Waals surface area contributed by atoms with Crippen molar-refractivity contribution < 1.29 is 24.5 Å². The van der Waals surface area contributed by atoms with Crippen LogP contribution in [0.25, 0.3) is 0 Å². The number of aliphatic hydroxyl groups excluding tert-OH is 2. The van der Waals surface area contributed by atoms with E-state index in [4.69, 9.17) is 4.74 Å². The lowest BCUT2D eigenvalue weighted by molar-refractivity contribution is -0.108. The summed E-state index contributed by atoms with van der Waals surface area (Å²) in [7, 11) is 0. The predicted octanol–water partition coefficient (Wildman–Crippen LogP) is 2.57. The number of carbonyl (C=O) groups is 2. The highest BCUT2D eigenvalue weighted by atomic mass is 32.2. The Morgan fingerprint density at radius 3 is 2.48 bits per heavy atom. The number of hydrogen-bond acceptors (Lipinski definition) is 6. The van der Waals surface area contributed by atoms with Crippen LogP contribution in [0.3, 0.4) is 0 Å². The number of thioether (sulfide) groups is 1. The smallest absolute Gasteiger partial charge is 0.338 e. The highest BCUT2D eigenvalue weighted by molar-refractivity contribution is 8.15. The lowest BCUT2D eigenvalue weighted by Gasteiger charge is -2.30. The Labute approximate surface area is 152 Å². The molecule has 5 nitrogen and oxygen atoms in total. The molecule has 2 N–H and O–H groups in total. The summed E-state index contributed by atoms with van der Waals surface area (Å²) in [6.45, 7) is 5.09. The topological polar surface area (TPSA) is 83.8 Å². The fourth-order valence-electron chi connectivity index (χ4n) is 3.04. The van der Waals surface area contributed by atoms with Crippen LogP contribution >= 0.6 is 11.8 Å². The third kappa shape index (κ3) is 4.32. The van der Waals surface area contributed by atoms with Gasteiger partial charge in [-0.1, -0.05) is 43.0 Å². The number of ether oxygens (including phenoxy) is 1. The van der Waals surface area contributed by atoms with Crippen LogP contribution in [0.5, 0.6) is 0 Å². The van der Waals surface area contributed by atoms with E-state index >= 15 is 0 Å². The van der Waals surface area contributed by atoms with Crippen LogP contribution in [0.1, 0.15) is 37.6 Å². The van der Waals surface area contributed by atoms with Crippen molar-refractivity contribution in [3.63, 3.8) is 0 Å². The largest absolute Gasteiger partial charge is 0.458 e. The first kappa shape index (κ1) is 19.7. The average Bonchev–Trinajstić information content (AvgIpc) is 2.95. The summed E-state index contributed by atoms with van der Waals surface area (Å²) in [6.07, 6.45) is -0.464. The first-order chi connectivity index (χ1) is 11.9. The molecule has 1 saturated heterocycles. The molecule has 1 fully saturated rings. The monoisotopic (exact) mass is 364 g/mol. The molecule has 0 amide bonds. The second kappa shape index (κ2) is 8.65. The van der Waals surface area contributed by atoms with E-state index in [-0.39, 0.29) is 5.12 Å². The van der Waals surface area contributed by atoms with Gasteiger partial charge >= 0.3 is 5.97 Å². The lowest BCUT2D eigenvalue weighted by atomic mass is 9.85. The molecule has 136 valence electrons. The molecule has 1 aliphatic heterocycles. The van der Waals surface area contributed by atoms with Gasteiger partial charge in [0.05, 0.1) is 23.0 Å². The summed E-state index contributed by atoms with van der Waals surface area (Å²) in [5.41, 5.74) is 0.909. The number of rotatable bonds is 6. The minimum Gasteiger partial charge on any atom is -0.458 e. The maximum Gasteiger partial charge on any atom is 0.338 e. The summed E-state index contributed by atoms with van der Waals surface area (Å²) >= 11 is 1.07. The number of aliphatic hydroxyl groups is 2. The number of esters is 1. The van der Waals surface area contributed by atoms with E-state index in [2.05, 4.69) is 0 Å². The highest BCUT2D eigenvalue weighted by Gasteiger charge is 2.48. The predicted molar refractivity (Wildman–Crippen MR) is 97.3 cm³/mol.